The summed E-state index contributed by atoms with van der Waals surface area (Å²) in [7, 11) is 1.73. The second-order valence-electron chi connectivity index (χ2n) is 5.42. The van der Waals surface area contributed by atoms with Gasteiger partial charge in [0.1, 0.15) is 22.4 Å². The Bertz CT molecular complexity index is 1190. The van der Waals surface area contributed by atoms with Gasteiger partial charge in [-0.25, -0.2) is 9.67 Å². The third kappa shape index (κ3) is 2.06. The summed E-state index contributed by atoms with van der Waals surface area (Å²) in [6.07, 6.45) is 5.23. The van der Waals surface area contributed by atoms with Gasteiger partial charge in [-0.2, -0.15) is 10.4 Å². The fourth-order valence-corrected chi connectivity index (χ4v) is 3.44. The molecule has 0 aliphatic rings. The highest BCUT2D eigenvalue weighted by Crippen LogP contribution is 2.20. The zero-order valence-corrected chi connectivity index (χ0v) is 14.2. The number of pyridine rings is 1. The molecular formula is C16H11BrN6O. The number of aryl methyl sites for hydroxylation is 1. The third-order valence-electron chi connectivity index (χ3n) is 3.98. The normalized spacial score (nSPS) is 11.2. The molecule has 0 aliphatic heterocycles. The minimum absolute atomic E-state index is 0.195. The van der Waals surface area contributed by atoms with Crippen molar-refractivity contribution in [1.82, 2.24) is 23.7 Å². The van der Waals surface area contributed by atoms with E-state index in [1.165, 1.54) is 10.9 Å². The van der Waals surface area contributed by atoms with Crippen LogP contribution < -0.4 is 5.56 Å². The molecule has 0 bridgehead atoms. The predicted octanol–water partition coefficient (Wildman–Crippen LogP) is 2.07. The zero-order valence-electron chi connectivity index (χ0n) is 12.6. The smallest absolute Gasteiger partial charge is 0.265 e. The van der Waals surface area contributed by atoms with Crippen LogP contribution >= 0.6 is 15.9 Å². The molecule has 0 fully saturated rings. The molecule has 0 saturated heterocycles. The largest absolute Gasteiger partial charge is 0.322 e. The van der Waals surface area contributed by atoms with Gasteiger partial charge < -0.3 is 4.40 Å². The highest BCUT2D eigenvalue weighted by Gasteiger charge is 2.16. The maximum atomic E-state index is 12.7. The average molecular weight is 383 g/mol. The quantitative estimate of drug-likeness (QED) is 0.531. The van der Waals surface area contributed by atoms with Crippen LogP contribution in [0.5, 0.6) is 0 Å². The minimum Gasteiger partial charge on any atom is -0.322 e. The van der Waals surface area contributed by atoms with Crippen molar-refractivity contribution in [3.63, 3.8) is 0 Å². The van der Waals surface area contributed by atoms with Crippen molar-refractivity contribution in [2.24, 2.45) is 7.05 Å². The zero-order chi connectivity index (χ0) is 16.8. The van der Waals surface area contributed by atoms with Crippen molar-refractivity contribution < 1.29 is 0 Å². The molecular weight excluding hydrogens is 372 g/mol. The molecule has 0 saturated carbocycles. The summed E-state index contributed by atoms with van der Waals surface area (Å²) >= 11 is 3.30. The average Bonchev–Trinajstić information content (AvgIpc) is 3.07. The van der Waals surface area contributed by atoms with Gasteiger partial charge >= 0.3 is 0 Å². The molecule has 118 valence electrons. The van der Waals surface area contributed by atoms with Crippen molar-refractivity contribution in [3.05, 3.63) is 63.0 Å². The van der Waals surface area contributed by atoms with E-state index in [0.717, 1.165) is 11.1 Å². The molecule has 0 radical (unpaired) electrons. The summed E-state index contributed by atoms with van der Waals surface area (Å²) in [6, 6.07) is 7.88. The van der Waals surface area contributed by atoms with E-state index in [-0.39, 0.29) is 12.1 Å². The van der Waals surface area contributed by atoms with Crippen LogP contribution in [0.3, 0.4) is 0 Å². The number of fused-ring (bicyclic) bond motifs is 2. The Kier molecular flexibility index (Phi) is 3.25. The number of nitrogens with zero attached hydrogens (tertiary/aromatic N) is 6. The standard InChI is InChI=1S/C16H11BrN6O/c1-21-15-13(14(17)20-21)16(24)23(9-19-15)8-10-7-22-5-3-2-4-12(22)11(10)6-18/h2-5,7,9H,8H2,1H3. The maximum Gasteiger partial charge on any atom is 0.265 e. The fourth-order valence-electron chi connectivity index (χ4n) is 2.86. The summed E-state index contributed by atoms with van der Waals surface area (Å²) in [4.78, 5) is 17.0. The van der Waals surface area contributed by atoms with Crippen LogP contribution in [0.15, 0.2) is 46.3 Å². The van der Waals surface area contributed by atoms with E-state index in [1.807, 2.05) is 35.0 Å². The molecule has 4 heterocycles. The second kappa shape index (κ2) is 5.32. The van der Waals surface area contributed by atoms with Crippen LogP contribution in [0.1, 0.15) is 11.1 Å². The Hall–Kier alpha value is -2.92. The third-order valence-corrected chi connectivity index (χ3v) is 4.54. The summed E-state index contributed by atoms with van der Waals surface area (Å²) in [5.74, 6) is 0. The summed E-state index contributed by atoms with van der Waals surface area (Å²) < 4.78 is 5.39. The van der Waals surface area contributed by atoms with Gasteiger partial charge in [0.25, 0.3) is 5.56 Å². The molecule has 24 heavy (non-hydrogen) atoms. The number of rotatable bonds is 2. The predicted molar refractivity (Wildman–Crippen MR) is 91.7 cm³/mol. The molecule has 0 N–H and O–H groups in total. The topological polar surface area (TPSA) is 80.9 Å². The Morgan fingerprint density at radius 2 is 2.21 bits per heavy atom. The molecule has 0 aromatic carbocycles. The molecule has 0 unspecified atom stereocenters. The van der Waals surface area contributed by atoms with Crippen molar-refractivity contribution in [2.45, 2.75) is 6.54 Å². The lowest BCUT2D eigenvalue weighted by molar-refractivity contribution is 0.736. The first-order valence-corrected chi connectivity index (χ1v) is 7.95. The molecule has 0 spiro atoms. The number of halogens is 1. The summed E-state index contributed by atoms with van der Waals surface area (Å²) in [5, 5.41) is 14.1. The van der Waals surface area contributed by atoms with E-state index in [9.17, 15) is 10.1 Å². The van der Waals surface area contributed by atoms with Gasteiger partial charge in [0.15, 0.2) is 5.65 Å². The molecule has 0 amide bonds. The van der Waals surface area contributed by atoms with Gasteiger partial charge in [0, 0.05) is 25.0 Å². The number of hydrogen-bond donors (Lipinski definition) is 0. The van der Waals surface area contributed by atoms with Crippen LogP contribution in [-0.4, -0.2) is 23.7 Å². The number of hydrogen-bond acceptors (Lipinski definition) is 4. The minimum atomic E-state index is -0.195. The molecule has 4 rings (SSSR count). The van der Waals surface area contributed by atoms with E-state index < -0.39 is 0 Å². The maximum absolute atomic E-state index is 12.7. The lowest BCUT2D eigenvalue weighted by atomic mass is 10.2. The Morgan fingerprint density at radius 1 is 1.38 bits per heavy atom. The summed E-state index contributed by atoms with van der Waals surface area (Å²) in [5.41, 5.74) is 2.48. The van der Waals surface area contributed by atoms with E-state index in [4.69, 9.17) is 0 Å². The van der Waals surface area contributed by atoms with Crippen LogP contribution in [-0.2, 0) is 13.6 Å². The van der Waals surface area contributed by atoms with Gasteiger partial charge in [0.2, 0.25) is 0 Å². The van der Waals surface area contributed by atoms with Gasteiger partial charge in [-0.05, 0) is 28.1 Å². The van der Waals surface area contributed by atoms with Gasteiger partial charge in [-0.15, -0.1) is 0 Å². The van der Waals surface area contributed by atoms with Gasteiger partial charge in [-0.1, -0.05) is 6.07 Å². The SMILES string of the molecule is Cn1nc(Br)c2c(=O)n(Cc3cn4ccccc4c3C#N)cnc21. The Morgan fingerprint density at radius 3 is 3.00 bits per heavy atom. The number of nitriles is 1. The molecule has 4 aromatic heterocycles. The molecule has 7 nitrogen and oxygen atoms in total. The number of aromatic nitrogens is 5. The van der Waals surface area contributed by atoms with E-state index in [1.54, 1.807) is 11.7 Å². The van der Waals surface area contributed by atoms with E-state index in [0.29, 0.717) is 21.2 Å². The van der Waals surface area contributed by atoms with Gasteiger partial charge in [0.05, 0.1) is 17.6 Å². The first-order chi connectivity index (χ1) is 11.6. The Balaban J connectivity index is 1.89. The van der Waals surface area contributed by atoms with Crippen molar-refractivity contribution >= 4 is 32.5 Å². The lowest BCUT2D eigenvalue weighted by Crippen LogP contribution is -2.21. The lowest BCUT2D eigenvalue weighted by Gasteiger charge is -2.04. The molecule has 8 heteroatoms. The Labute approximate surface area is 144 Å². The van der Waals surface area contributed by atoms with Gasteiger partial charge in [-0.3, -0.25) is 9.36 Å². The van der Waals surface area contributed by atoms with E-state index in [2.05, 4.69) is 32.1 Å². The van der Waals surface area contributed by atoms with Crippen LogP contribution in [0.4, 0.5) is 0 Å². The molecule has 4 aromatic rings. The molecule has 0 atom stereocenters. The highest BCUT2D eigenvalue weighted by molar-refractivity contribution is 9.10. The highest BCUT2D eigenvalue weighted by atomic mass is 79.9. The summed E-state index contributed by atoms with van der Waals surface area (Å²) in [6.45, 7) is 0.272. The monoisotopic (exact) mass is 382 g/mol. The van der Waals surface area contributed by atoms with Crippen molar-refractivity contribution in [2.75, 3.05) is 0 Å². The molecule has 0 aliphatic carbocycles. The van der Waals surface area contributed by atoms with Crippen LogP contribution in [0.25, 0.3) is 16.6 Å². The van der Waals surface area contributed by atoms with Crippen LogP contribution in [0, 0.1) is 11.3 Å². The van der Waals surface area contributed by atoms with Crippen LogP contribution in [0.2, 0.25) is 0 Å². The fraction of sp³-hybridized carbons (Fsp3) is 0.125. The van der Waals surface area contributed by atoms with Crippen molar-refractivity contribution in [3.8, 4) is 6.07 Å². The first-order valence-electron chi connectivity index (χ1n) is 7.16. The second-order valence-corrected chi connectivity index (χ2v) is 6.18. The van der Waals surface area contributed by atoms with Crippen molar-refractivity contribution in [1.29, 1.82) is 5.26 Å². The van der Waals surface area contributed by atoms with E-state index >= 15 is 0 Å². The first kappa shape index (κ1) is 14.7.